The Kier molecular flexibility index (Phi) is 8.16. The molecule has 3 aromatic rings. The van der Waals surface area contributed by atoms with Crippen molar-refractivity contribution in [1.82, 2.24) is 10.2 Å². The van der Waals surface area contributed by atoms with E-state index >= 15 is 0 Å². The molecule has 1 N–H and O–H groups in total. The Morgan fingerprint density at radius 1 is 0.974 bits per heavy atom. The van der Waals surface area contributed by atoms with Gasteiger partial charge < -0.3 is 19.7 Å². The minimum Gasteiger partial charge on any atom is -0.489 e. The van der Waals surface area contributed by atoms with Gasteiger partial charge in [-0.3, -0.25) is 9.59 Å². The molecule has 0 radical (unpaired) electrons. The third-order valence-electron chi connectivity index (χ3n) is 5.96. The smallest absolute Gasteiger partial charge is 0.489 e. The molecule has 196 valence electrons. The first-order valence-corrected chi connectivity index (χ1v) is 11.9. The van der Waals surface area contributed by atoms with Crippen molar-refractivity contribution in [3.8, 4) is 17.6 Å². The number of carbonyl (C=O) groups excluding carboxylic acids is 2. The highest BCUT2D eigenvalue weighted by atomic mass is 19.4. The number of halogens is 3. The number of nitriles is 1. The van der Waals surface area contributed by atoms with Crippen molar-refractivity contribution in [2.24, 2.45) is 0 Å². The molecular formula is C28H24F3N3O4. The van der Waals surface area contributed by atoms with Gasteiger partial charge in [0.25, 0.3) is 11.8 Å². The van der Waals surface area contributed by atoms with Gasteiger partial charge in [-0.25, -0.2) is 0 Å². The molecule has 1 aliphatic rings. The van der Waals surface area contributed by atoms with E-state index in [9.17, 15) is 28.0 Å². The van der Waals surface area contributed by atoms with Crippen molar-refractivity contribution in [3.63, 3.8) is 0 Å². The summed E-state index contributed by atoms with van der Waals surface area (Å²) in [5.74, 6) is -1.56. The Morgan fingerprint density at radius 3 is 2.39 bits per heavy atom. The Bertz CT molecular complexity index is 1350. The third-order valence-corrected chi connectivity index (χ3v) is 5.96. The molecule has 0 unspecified atom stereocenters. The maximum absolute atomic E-state index is 13.1. The van der Waals surface area contributed by atoms with E-state index in [1.54, 1.807) is 18.2 Å². The molecule has 10 heteroatoms. The van der Waals surface area contributed by atoms with Crippen LogP contribution in [0.25, 0.3) is 0 Å². The lowest BCUT2D eigenvalue weighted by Gasteiger charge is -2.19. The molecule has 0 bridgehead atoms. The summed E-state index contributed by atoms with van der Waals surface area (Å²) in [7, 11) is 0. The van der Waals surface area contributed by atoms with Gasteiger partial charge in [0.1, 0.15) is 18.1 Å². The maximum atomic E-state index is 13.1. The molecule has 0 saturated carbocycles. The van der Waals surface area contributed by atoms with Gasteiger partial charge >= 0.3 is 6.36 Å². The Morgan fingerprint density at radius 2 is 1.71 bits per heavy atom. The number of amides is 2. The lowest BCUT2D eigenvalue weighted by atomic mass is 10.1. The monoisotopic (exact) mass is 523 g/mol. The topological polar surface area (TPSA) is 91.7 Å². The van der Waals surface area contributed by atoms with E-state index in [0.29, 0.717) is 30.0 Å². The number of alkyl halides is 3. The number of ether oxygens (including phenoxy) is 2. The summed E-state index contributed by atoms with van der Waals surface area (Å²) in [6, 6.07) is 19.6. The van der Waals surface area contributed by atoms with Crippen molar-refractivity contribution in [2.75, 3.05) is 13.1 Å². The number of hydrogen-bond acceptors (Lipinski definition) is 5. The largest absolute Gasteiger partial charge is 0.573 e. The zero-order valence-corrected chi connectivity index (χ0v) is 20.3. The van der Waals surface area contributed by atoms with Crippen molar-refractivity contribution >= 4 is 11.8 Å². The predicted octanol–water partition coefficient (Wildman–Crippen LogP) is 5.20. The molecule has 0 atom stereocenters. The van der Waals surface area contributed by atoms with Crippen LogP contribution in [0.2, 0.25) is 0 Å². The highest BCUT2D eigenvalue weighted by Gasteiger charge is 2.34. The van der Waals surface area contributed by atoms with Gasteiger partial charge in [-0.05, 0) is 54.8 Å². The van der Waals surface area contributed by atoms with Crippen molar-refractivity contribution < 1.29 is 32.2 Å². The summed E-state index contributed by atoms with van der Waals surface area (Å²) in [6.07, 6.45) is -3.50. The fraction of sp³-hybridized carbons (Fsp3) is 0.250. The zero-order valence-electron chi connectivity index (χ0n) is 20.3. The van der Waals surface area contributed by atoms with E-state index in [1.165, 1.54) is 17.0 Å². The number of nitrogens with one attached hydrogen (secondary N) is 1. The minimum absolute atomic E-state index is 0.0532. The van der Waals surface area contributed by atoms with Gasteiger partial charge in [0.05, 0.1) is 17.2 Å². The quantitative estimate of drug-likeness (QED) is 0.438. The second-order valence-electron chi connectivity index (χ2n) is 8.65. The van der Waals surface area contributed by atoms with Crippen LogP contribution in [-0.4, -0.2) is 36.2 Å². The van der Waals surface area contributed by atoms with Gasteiger partial charge in [0.15, 0.2) is 0 Å². The van der Waals surface area contributed by atoms with E-state index in [1.807, 2.05) is 36.4 Å². The minimum atomic E-state index is -5.04. The van der Waals surface area contributed by atoms with Crippen LogP contribution < -0.4 is 14.8 Å². The molecule has 0 aliphatic carbocycles. The number of hydrogen-bond donors (Lipinski definition) is 1. The molecule has 1 heterocycles. The normalized spacial score (nSPS) is 13.1. The summed E-state index contributed by atoms with van der Waals surface area (Å²) >= 11 is 0. The van der Waals surface area contributed by atoms with Crippen LogP contribution in [0.15, 0.2) is 66.7 Å². The van der Waals surface area contributed by atoms with Gasteiger partial charge in [-0.1, -0.05) is 30.3 Å². The van der Waals surface area contributed by atoms with Gasteiger partial charge in [0, 0.05) is 30.8 Å². The van der Waals surface area contributed by atoms with Crippen molar-refractivity contribution in [1.29, 1.82) is 5.26 Å². The summed E-state index contributed by atoms with van der Waals surface area (Å²) in [6.45, 7) is 1.10. The fourth-order valence-corrected chi connectivity index (χ4v) is 4.08. The first kappa shape index (κ1) is 26.5. The third kappa shape index (κ3) is 6.82. The van der Waals surface area contributed by atoms with Gasteiger partial charge in [0.2, 0.25) is 0 Å². The Labute approximate surface area is 217 Å². The van der Waals surface area contributed by atoms with E-state index in [0.717, 1.165) is 24.5 Å². The molecule has 1 aliphatic heterocycles. The summed E-state index contributed by atoms with van der Waals surface area (Å²) in [5, 5.41) is 11.9. The van der Waals surface area contributed by atoms with Crippen LogP contribution in [0.1, 0.15) is 50.2 Å². The molecule has 0 spiro atoms. The second kappa shape index (κ2) is 11.7. The van der Waals surface area contributed by atoms with Crippen LogP contribution in [-0.2, 0) is 13.2 Å². The van der Waals surface area contributed by atoms with Crippen LogP contribution in [0.4, 0.5) is 13.2 Å². The number of benzene rings is 3. The average Bonchev–Trinajstić information content (AvgIpc) is 3.45. The predicted molar refractivity (Wildman–Crippen MR) is 131 cm³/mol. The summed E-state index contributed by atoms with van der Waals surface area (Å²) in [4.78, 5) is 27.1. The van der Waals surface area contributed by atoms with Gasteiger partial charge in [-0.15, -0.1) is 13.2 Å². The fourth-order valence-electron chi connectivity index (χ4n) is 4.08. The second-order valence-corrected chi connectivity index (χ2v) is 8.65. The molecule has 4 rings (SSSR count). The summed E-state index contributed by atoms with van der Waals surface area (Å²) in [5.41, 5.74) is 1.41. The first-order chi connectivity index (χ1) is 18.2. The van der Waals surface area contributed by atoms with Gasteiger partial charge in [-0.2, -0.15) is 5.26 Å². The Hall–Kier alpha value is -4.52. The van der Waals surface area contributed by atoms with E-state index in [-0.39, 0.29) is 24.3 Å². The molecular weight excluding hydrogens is 499 g/mol. The highest BCUT2D eigenvalue weighted by Crippen LogP contribution is 2.30. The lowest BCUT2D eigenvalue weighted by Crippen LogP contribution is -2.29. The standard InChI is InChI=1S/C28H24F3N3O4/c29-28(30,31)38-25-15-21(9-10-23(25)27(36)34-12-4-5-13-34)26(35)33-17-22-14-20(16-32)8-11-24(22)37-18-19-6-2-1-3-7-19/h1-3,6-11,14-15H,4-5,12-13,17-18H2,(H,33,35). The zero-order chi connectivity index (χ0) is 27.1. The molecule has 7 nitrogen and oxygen atoms in total. The molecule has 2 amide bonds. The van der Waals surface area contributed by atoms with Crippen LogP contribution >= 0.6 is 0 Å². The highest BCUT2D eigenvalue weighted by molar-refractivity contribution is 6.00. The maximum Gasteiger partial charge on any atom is 0.573 e. The van der Waals surface area contributed by atoms with E-state index in [4.69, 9.17) is 4.74 Å². The number of nitrogens with zero attached hydrogens (tertiary/aromatic N) is 2. The van der Waals surface area contributed by atoms with E-state index in [2.05, 4.69) is 10.1 Å². The molecule has 3 aromatic carbocycles. The lowest BCUT2D eigenvalue weighted by molar-refractivity contribution is -0.274. The molecule has 0 aromatic heterocycles. The van der Waals surface area contributed by atoms with Crippen molar-refractivity contribution in [2.45, 2.75) is 32.4 Å². The average molecular weight is 524 g/mol. The van der Waals surface area contributed by atoms with Crippen LogP contribution in [0, 0.1) is 11.3 Å². The number of rotatable bonds is 8. The molecule has 1 fully saturated rings. The van der Waals surface area contributed by atoms with Crippen molar-refractivity contribution in [3.05, 3.63) is 94.5 Å². The molecule has 1 saturated heterocycles. The number of likely N-dealkylation sites (tertiary alicyclic amines) is 1. The van der Waals surface area contributed by atoms with Crippen LogP contribution in [0.5, 0.6) is 11.5 Å². The van der Waals surface area contributed by atoms with E-state index < -0.39 is 23.9 Å². The molecule has 38 heavy (non-hydrogen) atoms. The van der Waals surface area contributed by atoms with Crippen LogP contribution in [0.3, 0.4) is 0 Å². The first-order valence-electron chi connectivity index (χ1n) is 11.9. The SMILES string of the molecule is N#Cc1ccc(OCc2ccccc2)c(CNC(=O)c2ccc(C(=O)N3CCCC3)c(OC(F)(F)F)c2)c1. The number of carbonyl (C=O) groups is 2. The Balaban J connectivity index is 1.51. The summed E-state index contributed by atoms with van der Waals surface area (Å²) < 4.78 is 49.2.